The van der Waals surface area contributed by atoms with Crippen molar-refractivity contribution in [2.45, 2.75) is 44.2 Å². The van der Waals surface area contributed by atoms with E-state index in [2.05, 4.69) is 69.2 Å². The van der Waals surface area contributed by atoms with Crippen molar-refractivity contribution >= 4 is 28.8 Å². The number of benzene rings is 3. The van der Waals surface area contributed by atoms with Crippen LogP contribution in [0.2, 0.25) is 0 Å². The first-order valence-electron chi connectivity index (χ1n) is 15.1. The van der Waals surface area contributed by atoms with Gasteiger partial charge in [0, 0.05) is 32.1 Å². The highest BCUT2D eigenvalue weighted by Gasteiger charge is 2.34. The molecule has 4 aromatic rings. The Kier molecular flexibility index (Phi) is 8.24. The van der Waals surface area contributed by atoms with E-state index in [1.54, 1.807) is 0 Å². The minimum atomic E-state index is -0.830. The Balaban J connectivity index is 1.21. The van der Waals surface area contributed by atoms with Gasteiger partial charge in [-0.25, -0.2) is 4.98 Å². The quantitative estimate of drug-likeness (QED) is 0.330. The fraction of sp³-hybridized carbons (Fsp3) is 0.382. The molecule has 1 aliphatic heterocycles. The lowest BCUT2D eigenvalue weighted by atomic mass is 9.74. The molecule has 1 saturated heterocycles. The predicted molar refractivity (Wildman–Crippen MR) is 166 cm³/mol. The third kappa shape index (κ3) is 5.90. The summed E-state index contributed by atoms with van der Waals surface area (Å²) in [7, 11) is 2.17. The van der Waals surface area contributed by atoms with Crippen LogP contribution in [0.25, 0.3) is 11.0 Å². The van der Waals surface area contributed by atoms with Crippen molar-refractivity contribution in [2.24, 2.45) is 11.7 Å². The third-order valence-electron chi connectivity index (χ3n) is 8.98. The summed E-state index contributed by atoms with van der Waals surface area (Å²) in [6.07, 6.45) is 3.84. The second-order valence-corrected chi connectivity index (χ2v) is 11.8. The lowest BCUT2D eigenvalue weighted by Crippen LogP contribution is -2.45. The van der Waals surface area contributed by atoms with Crippen LogP contribution in [-0.4, -0.2) is 59.5 Å². The van der Waals surface area contributed by atoms with E-state index in [9.17, 15) is 9.59 Å². The molecule has 0 radical (unpaired) electrons. The lowest BCUT2D eigenvalue weighted by Gasteiger charge is -2.33. The number of para-hydroxylation sites is 2. The van der Waals surface area contributed by atoms with E-state index in [0.717, 1.165) is 75.4 Å². The van der Waals surface area contributed by atoms with Gasteiger partial charge in [0.2, 0.25) is 17.8 Å². The molecule has 8 nitrogen and oxygen atoms in total. The average Bonchev–Trinajstić information content (AvgIpc) is 3.39. The first-order chi connectivity index (χ1) is 20.5. The van der Waals surface area contributed by atoms with Gasteiger partial charge in [-0.2, -0.15) is 0 Å². The van der Waals surface area contributed by atoms with E-state index in [1.165, 1.54) is 11.1 Å². The van der Waals surface area contributed by atoms with E-state index in [-0.39, 0.29) is 17.7 Å². The molecular formula is C34H40N6O2. The van der Waals surface area contributed by atoms with Gasteiger partial charge in [0.05, 0.1) is 17.6 Å². The van der Waals surface area contributed by atoms with Crippen LogP contribution in [0.4, 0.5) is 5.95 Å². The van der Waals surface area contributed by atoms with Gasteiger partial charge in [-0.3, -0.25) is 9.59 Å². The molecule has 3 aromatic carbocycles. The predicted octanol–water partition coefficient (Wildman–Crippen LogP) is 4.45. The molecule has 6 rings (SSSR count). The van der Waals surface area contributed by atoms with Crippen molar-refractivity contribution in [2.75, 3.05) is 38.1 Å². The van der Waals surface area contributed by atoms with Gasteiger partial charge in [0.25, 0.3) is 0 Å². The van der Waals surface area contributed by atoms with Crippen molar-refractivity contribution < 1.29 is 9.59 Å². The Bertz CT molecular complexity index is 1520. The molecule has 42 heavy (non-hydrogen) atoms. The van der Waals surface area contributed by atoms with E-state index in [4.69, 9.17) is 10.7 Å². The number of hydrogen-bond acceptors (Lipinski definition) is 5. The number of amides is 2. The smallest absolute Gasteiger partial charge is 0.244 e. The summed E-state index contributed by atoms with van der Waals surface area (Å²) in [5, 5.41) is 2.97. The Morgan fingerprint density at radius 1 is 0.905 bits per heavy atom. The SMILES string of the molecule is CN1CCN(c2nc3ccccc3n2Cc2ccc(C3CCCCC3C(=O)NC(C(N)=O)c3ccccc3)cc2)CC1. The number of piperazine rings is 1. The number of anilines is 1. The average molecular weight is 565 g/mol. The first-order valence-corrected chi connectivity index (χ1v) is 15.1. The molecule has 3 unspecified atom stereocenters. The number of primary amides is 1. The molecule has 3 atom stereocenters. The van der Waals surface area contributed by atoms with Crippen molar-refractivity contribution in [1.82, 2.24) is 19.8 Å². The maximum atomic E-state index is 13.5. The number of likely N-dealkylation sites (N-methyl/N-ethyl adjacent to an activating group) is 1. The summed E-state index contributed by atoms with van der Waals surface area (Å²) < 4.78 is 2.33. The van der Waals surface area contributed by atoms with Gasteiger partial charge in [0.15, 0.2) is 0 Å². The van der Waals surface area contributed by atoms with Crippen LogP contribution < -0.4 is 16.0 Å². The van der Waals surface area contributed by atoms with Crippen LogP contribution >= 0.6 is 0 Å². The highest BCUT2D eigenvalue weighted by Crippen LogP contribution is 2.38. The number of aromatic nitrogens is 2. The van der Waals surface area contributed by atoms with Crippen molar-refractivity contribution in [3.8, 4) is 0 Å². The fourth-order valence-corrected chi connectivity index (χ4v) is 6.58. The van der Waals surface area contributed by atoms with Crippen LogP contribution in [-0.2, 0) is 16.1 Å². The Labute approximate surface area is 247 Å². The molecular weight excluding hydrogens is 524 g/mol. The number of carbonyl (C=O) groups is 2. The summed E-state index contributed by atoms with van der Waals surface area (Å²) in [6, 6.07) is 25.5. The monoisotopic (exact) mass is 564 g/mol. The van der Waals surface area contributed by atoms with Crippen molar-refractivity contribution in [3.05, 3.63) is 95.6 Å². The second-order valence-electron chi connectivity index (χ2n) is 11.8. The topological polar surface area (TPSA) is 96.5 Å². The normalized spacial score (nSPS) is 20.4. The summed E-state index contributed by atoms with van der Waals surface area (Å²) in [4.78, 5) is 35.6. The summed E-state index contributed by atoms with van der Waals surface area (Å²) in [5.74, 6) is 0.288. The molecule has 8 heteroatoms. The Hall–Kier alpha value is -4.17. The zero-order chi connectivity index (χ0) is 29.1. The molecule has 3 N–H and O–H groups in total. The molecule has 2 amide bonds. The zero-order valence-corrected chi connectivity index (χ0v) is 24.3. The van der Waals surface area contributed by atoms with Crippen molar-refractivity contribution in [1.29, 1.82) is 0 Å². The Morgan fingerprint density at radius 2 is 1.60 bits per heavy atom. The third-order valence-corrected chi connectivity index (χ3v) is 8.98. The molecule has 218 valence electrons. The molecule has 2 aliphatic rings. The van der Waals surface area contributed by atoms with Crippen LogP contribution in [0.3, 0.4) is 0 Å². The van der Waals surface area contributed by atoms with Crippen LogP contribution in [0, 0.1) is 5.92 Å². The molecule has 1 aliphatic carbocycles. The van der Waals surface area contributed by atoms with E-state index in [1.807, 2.05) is 36.4 Å². The maximum absolute atomic E-state index is 13.5. The summed E-state index contributed by atoms with van der Waals surface area (Å²) in [5.41, 5.74) is 10.9. The van der Waals surface area contributed by atoms with E-state index in [0.29, 0.717) is 5.56 Å². The van der Waals surface area contributed by atoms with E-state index < -0.39 is 11.9 Å². The molecule has 2 heterocycles. The standard InChI is InChI=1S/C34H40N6O2/c1-38-19-21-39(22-20-38)34-36-29-13-7-8-14-30(29)40(34)23-24-15-17-25(18-16-24)27-11-5-6-12-28(27)33(42)37-31(32(35)41)26-9-3-2-4-10-26/h2-4,7-10,13-18,27-28,31H,5-6,11-12,19-23H2,1H3,(H2,35,41)(H,37,42). The lowest BCUT2D eigenvalue weighted by molar-refractivity contribution is -0.131. The number of hydrogen-bond donors (Lipinski definition) is 2. The minimum absolute atomic E-state index is 0.0990. The summed E-state index contributed by atoms with van der Waals surface area (Å²) in [6.45, 7) is 4.71. The zero-order valence-electron chi connectivity index (χ0n) is 24.3. The molecule has 1 saturated carbocycles. The molecule has 0 bridgehead atoms. The number of carbonyl (C=O) groups excluding carboxylic acids is 2. The molecule has 2 fully saturated rings. The van der Waals surface area contributed by atoms with Crippen molar-refractivity contribution in [3.63, 3.8) is 0 Å². The van der Waals surface area contributed by atoms with Crippen LogP contribution in [0.15, 0.2) is 78.9 Å². The van der Waals surface area contributed by atoms with E-state index >= 15 is 0 Å². The highest BCUT2D eigenvalue weighted by atomic mass is 16.2. The van der Waals surface area contributed by atoms with Crippen LogP contribution in [0.1, 0.15) is 54.3 Å². The molecule has 0 spiro atoms. The highest BCUT2D eigenvalue weighted by molar-refractivity contribution is 5.89. The number of rotatable bonds is 8. The van der Waals surface area contributed by atoms with Gasteiger partial charge in [-0.05, 0) is 54.6 Å². The number of nitrogens with zero attached hydrogens (tertiary/aromatic N) is 4. The van der Waals surface area contributed by atoms with Gasteiger partial charge in [-0.15, -0.1) is 0 Å². The Morgan fingerprint density at radius 3 is 2.33 bits per heavy atom. The van der Waals surface area contributed by atoms with Gasteiger partial charge < -0.3 is 25.4 Å². The van der Waals surface area contributed by atoms with Gasteiger partial charge in [-0.1, -0.05) is 79.6 Å². The maximum Gasteiger partial charge on any atom is 0.244 e. The van der Waals surface area contributed by atoms with Gasteiger partial charge in [0.1, 0.15) is 6.04 Å². The number of nitrogens with one attached hydrogen (secondary N) is 1. The minimum Gasteiger partial charge on any atom is -0.368 e. The first kappa shape index (κ1) is 28.0. The van der Waals surface area contributed by atoms with Crippen LogP contribution in [0.5, 0.6) is 0 Å². The largest absolute Gasteiger partial charge is 0.368 e. The second kappa shape index (κ2) is 12.4. The number of fused-ring (bicyclic) bond motifs is 1. The van der Waals surface area contributed by atoms with Gasteiger partial charge >= 0.3 is 0 Å². The number of imidazole rings is 1. The summed E-state index contributed by atoms with van der Waals surface area (Å²) >= 11 is 0. The molecule has 1 aromatic heterocycles. The fourth-order valence-electron chi connectivity index (χ4n) is 6.58. The number of nitrogens with two attached hydrogens (primary N) is 1.